The van der Waals surface area contributed by atoms with E-state index in [0.717, 1.165) is 16.9 Å². The SMILES string of the molecule is CC(=O)c1cccc(NC(=O)/C=C/c2cccc(OCc3ccccc3)c2)c1. The topological polar surface area (TPSA) is 55.4 Å². The van der Waals surface area contributed by atoms with Crippen LogP contribution in [-0.4, -0.2) is 11.7 Å². The smallest absolute Gasteiger partial charge is 0.248 e. The summed E-state index contributed by atoms with van der Waals surface area (Å²) in [6, 6.07) is 24.3. The monoisotopic (exact) mass is 371 g/mol. The number of ketones is 1. The molecule has 4 heteroatoms. The first-order chi connectivity index (χ1) is 13.6. The number of carbonyl (C=O) groups is 2. The van der Waals surface area contributed by atoms with Crippen LogP contribution in [0.15, 0.2) is 84.9 Å². The molecule has 0 aliphatic carbocycles. The highest BCUT2D eigenvalue weighted by atomic mass is 16.5. The van der Waals surface area contributed by atoms with Gasteiger partial charge >= 0.3 is 0 Å². The number of anilines is 1. The van der Waals surface area contributed by atoms with Crippen LogP contribution in [0.2, 0.25) is 0 Å². The van der Waals surface area contributed by atoms with Crippen LogP contribution >= 0.6 is 0 Å². The second kappa shape index (κ2) is 9.33. The molecule has 1 N–H and O–H groups in total. The van der Waals surface area contributed by atoms with Gasteiger partial charge in [-0.1, -0.05) is 54.6 Å². The molecule has 0 saturated heterocycles. The Hall–Kier alpha value is -3.66. The maximum absolute atomic E-state index is 12.1. The van der Waals surface area contributed by atoms with Crippen molar-refractivity contribution in [3.05, 3.63) is 102 Å². The Kier molecular flexibility index (Phi) is 6.37. The van der Waals surface area contributed by atoms with Crippen LogP contribution in [0, 0.1) is 0 Å². The summed E-state index contributed by atoms with van der Waals surface area (Å²) in [5, 5.41) is 2.76. The molecule has 0 atom stereocenters. The average molecular weight is 371 g/mol. The van der Waals surface area contributed by atoms with Crippen LogP contribution in [0.25, 0.3) is 6.08 Å². The third kappa shape index (κ3) is 5.68. The van der Waals surface area contributed by atoms with Gasteiger partial charge < -0.3 is 10.1 Å². The highest BCUT2D eigenvalue weighted by molar-refractivity contribution is 6.03. The lowest BCUT2D eigenvalue weighted by atomic mass is 10.1. The van der Waals surface area contributed by atoms with Crippen molar-refractivity contribution in [3.8, 4) is 5.75 Å². The van der Waals surface area contributed by atoms with Gasteiger partial charge in [-0.3, -0.25) is 9.59 Å². The minimum Gasteiger partial charge on any atom is -0.489 e. The van der Waals surface area contributed by atoms with Gasteiger partial charge in [0.15, 0.2) is 5.78 Å². The standard InChI is InChI=1S/C24H21NO3/c1-18(26)21-10-6-11-22(16-21)25-24(27)14-13-19-9-5-12-23(15-19)28-17-20-7-3-2-4-8-20/h2-16H,17H2,1H3,(H,25,27)/b14-13+. The highest BCUT2D eigenvalue weighted by Crippen LogP contribution is 2.17. The van der Waals surface area contributed by atoms with Gasteiger partial charge in [-0.05, 0) is 48.4 Å². The Morgan fingerprint density at radius 2 is 1.71 bits per heavy atom. The van der Waals surface area contributed by atoms with Crippen molar-refractivity contribution in [1.82, 2.24) is 0 Å². The van der Waals surface area contributed by atoms with Crippen molar-refractivity contribution in [2.75, 3.05) is 5.32 Å². The molecular formula is C24H21NO3. The zero-order valence-electron chi connectivity index (χ0n) is 15.6. The Balaban J connectivity index is 1.60. The molecule has 0 unspecified atom stereocenters. The van der Waals surface area contributed by atoms with Gasteiger partial charge in [0.2, 0.25) is 5.91 Å². The van der Waals surface area contributed by atoms with E-state index in [1.54, 1.807) is 30.3 Å². The molecule has 0 aromatic heterocycles. The van der Waals surface area contributed by atoms with E-state index in [1.165, 1.54) is 13.0 Å². The van der Waals surface area contributed by atoms with Crippen LogP contribution in [0.1, 0.15) is 28.4 Å². The fourth-order valence-electron chi connectivity index (χ4n) is 2.62. The van der Waals surface area contributed by atoms with Crippen molar-refractivity contribution < 1.29 is 14.3 Å². The molecule has 140 valence electrons. The third-order valence-corrected chi connectivity index (χ3v) is 4.07. The van der Waals surface area contributed by atoms with Gasteiger partial charge in [-0.2, -0.15) is 0 Å². The number of amides is 1. The molecule has 0 aliphatic heterocycles. The predicted octanol–water partition coefficient (Wildman–Crippen LogP) is 5.12. The summed E-state index contributed by atoms with van der Waals surface area (Å²) in [5.74, 6) is 0.427. The summed E-state index contributed by atoms with van der Waals surface area (Å²) in [4.78, 5) is 23.6. The molecule has 0 bridgehead atoms. The summed E-state index contributed by atoms with van der Waals surface area (Å²) >= 11 is 0. The Morgan fingerprint density at radius 1 is 0.929 bits per heavy atom. The number of benzene rings is 3. The zero-order chi connectivity index (χ0) is 19.8. The summed E-state index contributed by atoms with van der Waals surface area (Å²) in [6.45, 7) is 1.98. The fourth-order valence-corrected chi connectivity index (χ4v) is 2.62. The van der Waals surface area contributed by atoms with Crippen molar-refractivity contribution in [3.63, 3.8) is 0 Å². The van der Waals surface area contributed by atoms with Crippen molar-refractivity contribution >= 4 is 23.5 Å². The summed E-state index contributed by atoms with van der Waals surface area (Å²) in [7, 11) is 0. The molecule has 0 fully saturated rings. The van der Waals surface area contributed by atoms with E-state index < -0.39 is 0 Å². The molecule has 0 aliphatic rings. The van der Waals surface area contributed by atoms with Crippen LogP contribution in [-0.2, 0) is 11.4 Å². The average Bonchev–Trinajstić information content (AvgIpc) is 2.72. The van der Waals surface area contributed by atoms with E-state index >= 15 is 0 Å². The van der Waals surface area contributed by atoms with Gasteiger partial charge in [0.25, 0.3) is 0 Å². The van der Waals surface area contributed by atoms with Crippen LogP contribution < -0.4 is 10.1 Å². The summed E-state index contributed by atoms with van der Waals surface area (Å²) in [6.07, 6.45) is 3.18. The maximum atomic E-state index is 12.1. The number of rotatable bonds is 7. The van der Waals surface area contributed by atoms with E-state index in [1.807, 2.05) is 54.6 Å². The van der Waals surface area contributed by atoms with Crippen molar-refractivity contribution in [2.45, 2.75) is 13.5 Å². The van der Waals surface area contributed by atoms with Gasteiger partial charge in [-0.15, -0.1) is 0 Å². The fraction of sp³-hybridized carbons (Fsp3) is 0.0833. The largest absolute Gasteiger partial charge is 0.489 e. The van der Waals surface area contributed by atoms with Gasteiger partial charge in [0, 0.05) is 17.3 Å². The molecular weight excluding hydrogens is 350 g/mol. The molecule has 1 amide bonds. The molecule has 0 spiro atoms. The number of carbonyl (C=O) groups excluding carboxylic acids is 2. The first-order valence-corrected chi connectivity index (χ1v) is 8.97. The first-order valence-electron chi connectivity index (χ1n) is 8.97. The lowest BCUT2D eigenvalue weighted by Gasteiger charge is -2.07. The molecule has 0 radical (unpaired) electrons. The number of ether oxygens (including phenoxy) is 1. The number of Topliss-reactive ketones (excluding diaryl/α,β-unsaturated/α-hetero) is 1. The van der Waals surface area contributed by atoms with E-state index in [9.17, 15) is 9.59 Å². The molecule has 0 saturated carbocycles. The number of nitrogens with one attached hydrogen (secondary N) is 1. The summed E-state index contributed by atoms with van der Waals surface area (Å²) < 4.78 is 5.80. The van der Waals surface area contributed by atoms with Gasteiger partial charge in [0.05, 0.1) is 0 Å². The van der Waals surface area contributed by atoms with E-state index in [4.69, 9.17) is 4.74 Å². The highest BCUT2D eigenvalue weighted by Gasteiger charge is 2.03. The molecule has 4 nitrogen and oxygen atoms in total. The predicted molar refractivity (Wildman–Crippen MR) is 111 cm³/mol. The van der Waals surface area contributed by atoms with E-state index in [2.05, 4.69) is 5.32 Å². The first kappa shape index (κ1) is 19.1. The quantitative estimate of drug-likeness (QED) is 0.463. The number of hydrogen-bond acceptors (Lipinski definition) is 3. The molecule has 3 rings (SSSR count). The number of hydrogen-bond donors (Lipinski definition) is 1. The van der Waals surface area contributed by atoms with Crippen LogP contribution in [0.4, 0.5) is 5.69 Å². The molecule has 3 aromatic rings. The molecule has 28 heavy (non-hydrogen) atoms. The lowest BCUT2D eigenvalue weighted by Crippen LogP contribution is -2.08. The van der Waals surface area contributed by atoms with Crippen LogP contribution in [0.5, 0.6) is 5.75 Å². The maximum Gasteiger partial charge on any atom is 0.248 e. The lowest BCUT2D eigenvalue weighted by molar-refractivity contribution is -0.111. The van der Waals surface area contributed by atoms with E-state index in [0.29, 0.717) is 17.9 Å². The zero-order valence-corrected chi connectivity index (χ0v) is 15.6. The second-order valence-electron chi connectivity index (χ2n) is 6.31. The van der Waals surface area contributed by atoms with Gasteiger partial charge in [0.1, 0.15) is 12.4 Å². The minimum atomic E-state index is -0.267. The second-order valence-corrected chi connectivity index (χ2v) is 6.31. The molecule has 0 heterocycles. The Bertz CT molecular complexity index is 993. The minimum absolute atomic E-state index is 0.0426. The van der Waals surface area contributed by atoms with Gasteiger partial charge in [-0.25, -0.2) is 0 Å². The Labute approximate surface area is 164 Å². The van der Waals surface area contributed by atoms with E-state index in [-0.39, 0.29) is 11.7 Å². The normalized spacial score (nSPS) is 10.6. The van der Waals surface area contributed by atoms with Crippen molar-refractivity contribution in [2.24, 2.45) is 0 Å². The van der Waals surface area contributed by atoms with Crippen LogP contribution in [0.3, 0.4) is 0 Å². The molecule has 3 aromatic carbocycles. The Morgan fingerprint density at radius 3 is 2.50 bits per heavy atom. The third-order valence-electron chi connectivity index (χ3n) is 4.07. The summed E-state index contributed by atoms with van der Waals surface area (Å²) in [5.41, 5.74) is 3.10. The van der Waals surface area contributed by atoms with Crippen molar-refractivity contribution in [1.29, 1.82) is 0 Å².